The second kappa shape index (κ2) is 7.71. The van der Waals surface area contributed by atoms with Crippen molar-refractivity contribution in [1.82, 2.24) is 9.79 Å². The van der Waals surface area contributed by atoms with Crippen LogP contribution in [0.1, 0.15) is 11.1 Å². The molecule has 3 aromatic rings. The number of benzene rings is 3. The summed E-state index contributed by atoms with van der Waals surface area (Å²) < 4.78 is 28.7. The Morgan fingerprint density at radius 1 is 1.00 bits per heavy atom. The fourth-order valence-electron chi connectivity index (χ4n) is 4.06. The summed E-state index contributed by atoms with van der Waals surface area (Å²) in [5.74, 6) is -0.748. The molecule has 3 aromatic carbocycles. The highest BCUT2D eigenvalue weighted by Gasteiger charge is 2.40. The van der Waals surface area contributed by atoms with Crippen LogP contribution in [-0.2, 0) is 27.8 Å². The predicted molar refractivity (Wildman–Crippen MR) is 115 cm³/mol. The lowest BCUT2D eigenvalue weighted by Gasteiger charge is -2.34. The third-order valence-electron chi connectivity index (χ3n) is 5.55. The van der Waals surface area contributed by atoms with Crippen LogP contribution in [0.15, 0.2) is 65.6 Å². The number of hydrogen-bond donors (Lipinski definition) is 2. The molecule has 7 nitrogen and oxygen atoms in total. The van der Waals surface area contributed by atoms with Gasteiger partial charge in [0, 0.05) is 37.1 Å². The maximum atomic E-state index is 13.8. The summed E-state index contributed by atoms with van der Waals surface area (Å²) in [6.45, 7) is 0.0559. The number of sulfonamides is 1. The highest BCUT2D eigenvalue weighted by atomic mass is 32.2. The number of carbonyl (C=O) groups is 1. The minimum atomic E-state index is -4.04. The summed E-state index contributed by atoms with van der Waals surface area (Å²) in [6, 6.07) is 17.1. The molecule has 1 atom stereocenters. The fraction of sp³-hybridized carbons (Fsp3) is 0.227. The first-order valence-corrected chi connectivity index (χ1v) is 11.0. The van der Waals surface area contributed by atoms with Crippen LogP contribution in [0.3, 0.4) is 0 Å². The van der Waals surface area contributed by atoms with E-state index in [2.05, 4.69) is 0 Å². The van der Waals surface area contributed by atoms with E-state index in [0.29, 0.717) is 5.39 Å². The molecule has 30 heavy (non-hydrogen) atoms. The molecule has 0 unspecified atom stereocenters. The molecule has 1 amide bonds. The first-order chi connectivity index (χ1) is 14.3. The minimum Gasteiger partial charge on any atom is -0.377 e. The van der Waals surface area contributed by atoms with E-state index >= 15 is 0 Å². The van der Waals surface area contributed by atoms with Gasteiger partial charge in [0.1, 0.15) is 6.04 Å². The Morgan fingerprint density at radius 2 is 1.67 bits per heavy atom. The summed E-state index contributed by atoms with van der Waals surface area (Å²) in [7, 11) is -0.231. The van der Waals surface area contributed by atoms with E-state index in [1.807, 2.05) is 61.5 Å². The van der Waals surface area contributed by atoms with Gasteiger partial charge in [0.05, 0.1) is 4.90 Å². The molecule has 1 aliphatic rings. The summed E-state index contributed by atoms with van der Waals surface area (Å²) in [6.07, 6.45) is 0.190. The minimum absolute atomic E-state index is 0.0559. The first-order valence-electron chi connectivity index (χ1n) is 9.56. The maximum Gasteiger partial charge on any atom is 0.262 e. The van der Waals surface area contributed by atoms with Crippen molar-refractivity contribution >= 4 is 32.4 Å². The molecule has 0 aliphatic carbocycles. The van der Waals surface area contributed by atoms with Gasteiger partial charge in [-0.25, -0.2) is 13.9 Å². The van der Waals surface area contributed by atoms with Gasteiger partial charge in [0.25, 0.3) is 5.91 Å². The summed E-state index contributed by atoms with van der Waals surface area (Å²) in [5, 5.41) is 10.6. The topological polar surface area (TPSA) is 90.0 Å². The maximum absolute atomic E-state index is 13.8. The molecule has 0 radical (unpaired) electrons. The molecule has 0 aromatic heterocycles. The van der Waals surface area contributed by atoms with Crippen molar-refractivity contribution in [1.29, 1.82) is 0 Å². The van der Waals surface area contributed by atoms with Crippen molar-refractivity contribution in [3.8, 4) is 0 Å². The number of anilines is 1. The van der Waals surface area contributed by atoms with Crippen molar-refractivity contribution in [3.63, 3.8) is 0 Å². The van der Waals surface area contributed by atoms with Crippen molar-refractivity contribution in [2.45, 2.75) is 23.9 Å². The van der Waals surface area contributed by atoms with E-state index in [0.717, 1.165) is 22.2 Å². The van der Waals surface area contributed by atoms with Gasteiger partial charge in [-0.1, -0.05) is 48.5 Å². The number of hydroxylamine groups is 1. The van der Waals surface area contributed by atoms with Crippen LogP contribution in [-0.4, -0.2) is 44.0 Å². The molecular formula is C22H23N3O4S. The molecule has 0 spiro atoms. The monoisotopic (exact) mass is 425 g/mol. The molecule has 0 saturated heterocycles. The summed E-state index contributed by atoms with van der Waals surface area (Å²) >= 11 is 0. The Hall–Kier alpha value is -2.94. The number of amides is 1. The van der Waals surface area contributed by atoms with Crippen molar-refractivity contribution in [3.05, 3.63) is 71.8 Å². The number of rotatable bonds is 4. The van der Waals surface area contributed by atoms with Gasteiger partial charge in [-0.2, -0.15) is 4.31 Å². The van der Waals surface area contributed by atoms with Gasteiger partial charge >= 0.3 is 0 Å². The van der Waals surface area contributed by atoms with Crippen LogP contribution in [0.25, 0.3) is 10.8 Å². The van der Waals surface area contributed by atoms with Crippen LogP contribution in [0, 0.1) is 0 Å². The lowest BCUT2D eigenvalue weighted by molar-refractivity contribution is -0.133. The van der Waals surface area contributed by atoms with Crippen LogP contribution >= 0.6 is 0 Å². The summed E-state index contributed by atoms with van der Waals surface area (Å²) in [4.78, 5) is 14.5. The molecule has 8 heteroatoms. The molecule has 156 valence electrons. The van der Waals surface area contributed by atoms with Crippen LogP contribution in [0.5, 0.6) is 0 Å². The predicted octanol–water partition coefficient (Wildman–Crippen LogP) is 2.53. The van der Waals surface area contributed by atoms with E-state index in [4.69, 9.17) is 0 Å². The van der Waals surface area contributed by atoms with Crippen molar-refractivity contribution in [2.75, 3.05) is 19.0 Å². The van der Waals surface area contributed by atoms with E-state index in [9.17, 15) is 18.4 Å². The number of fused-ring (bicyclic) bond motifs is 2. The van der Waals surface area contributed by atoms with Gasteiger partial charge in [-0.15, -0.1) is 0 Å². The average Bonchev–Trinajstić information content (AvgIpc) is 2.76. The zero-order valence-corrected chi connectivity index (χ0v) is 17.6. The van der Waals surface area contributed by atoms with Gasteiger partial charge in [0.15, 0.2) is 0 Å². The Bertz CT molecular complexity index is 1220. The molecule has 0 fully saturated rings. The normalized spacial score (nSPS) is 16.8. The second-order valence-corrected chi connectivity index (χ2v) is 9.40. The lowest BCUT2D eigenvalue weighted by atomic mass is 9.95. The molecule has 1 aliphatic heterocycles. The third kappa shape index (κ3) is 3.32. The number of carbonyl (C=O) groups excluding carboxylic acids is 1. The standard InChI is InChI=1S/C22H23N3O4S/c1-24(2)19-11-5-10-18-17(19)9-6-12-21(18)30(28,29)25-14-16-8-4-3-7-15(16)13-20(25)22(26)23-27/h3-12,20,27H,13-14H2,1-2H3,(H,23,26)/t20-/m1/s1. The van der Waals surface area contributed by atoms with Gasteiger partial charge in [-0.05, 0) is 29.7 Å². The largest absolute Gasteiger partial charge is 0.377 e. The van der Waals surface area contributed by atoms with Gasteiger partial charge < -0.3 is 4.90 Å². The van der Waals surface area contributed by atoms with Crippen molar-refractivity contribution < 1.29 is 18.4 Å². The molecular weight excluding hydrogens is 402 g/mol. The number of hydrogen-bond acceptors (Lipinski definition) is 5. The average molecular weight is 426 g/mol. The van der Waals surface area contributed by atoms with E-state index in [1.165, 1.54) is 4.31 Å². The molecule has 1 heterocycles. The Kier molecular flexibility index (Phi) is 5.23. The molecule has 0 saturated carbocycles. The second-order valence-electron chi connectivity index (χ2n) is 7.54. The fourth-order valence-corrected chi connectivity index (χ4v) is 5.83. The molecule has 4 rings (SSSR count). The van der Waals surface area contributed by atoms with Gasteiger partial charge in [-0.3, -0.25) is 10.0 Å². The third-order valence-corrected chi connectivity index (χ3v) is 7.46. The van der Waals surface area contributed by atoms with E-state index in [-0.39, 0.29) is 17.9 Å². The highest BCUT2D eigenvalue weighted by molar-refractivity contribution is 7.89. The zero-order valence-electron chi connectivity index (χ0n) is 16.7. The first kappa shape index (κ1) is 20.3. The Balaban J connectivity index is 1.88. The van der Waals surface area contributed by atoms with Crippen LogP contribution in [0.2, 0.25) is 0 Å². The van der Waals surface area contributed by atoms with Crippen molar-refractivity contribution in [2.24, 2.45) is 0 Å². The lowest BCUT2D eigenvalue weighted by Crippen LogP contribution is -2.51. The van der Waals surface area contributed by atoms with Gasteiger partial charge in [0.2, 0.25) is 10.0 Å². The van der Waals surface area contributed by atoms with Crippen LogP contribution < -0.4 is 10.4 Å². The number of nitrogens with zero attached hydrogens (tertiary/aromatic N) is 2. The Morgan fingerprint density at radius 3 is 2.37 bits per heavy atom. The molecule has 2 N–H and O–H groups in total. The van der Waals surface area contributed by atoms with Crippen LogP contribution in [0.4, 0.5) is 5.69 Å². The SMILES string of the molecule is CN(C)c1cccc2c(S(=O)(=O)N3Cc4ccccc4C[C@@H]3C(=O)NO)cccc12. The Labute approximate surface area is 175 Å². The molecule has 0 bridgehead atoms. The van der Waals surface area contributed by atoms with E-state index in [1.54, 1.807) is 23.7 Å². The summed E-state index contributed by atoms with van der Waals surface area (Å²) in [5.41, 5.74) is 4.27. The smallest absolute Gasteiger partial charge is 0.262 e. The quantitative estimate of drug-likeness (QED) is 0.495. The number of nitrogens with one attached hydrogen (secondary N) is 1. The zero-order chi connectivity index (χ0) is 21.5. The highest BCUT2D eigenvalue weighted by Crippen LogP contribution is 2.35. The van der Waals surface area contributed by atoms with E-state index < -0.39 is 22.0 Å².